The first-order valence-corrected chi connectivity index (χ1v) is 9.71. The van der Waals surface area contributed by atoms with Gasteiger partial charge in [-0.3, -0.25) is 0 Å². The van der Waals surface area contributed by atoms with Crippen LogP contribution in [0.5, 0.6) is 0 Å². The average Bonchev–Trinajstić information content (AvgIpc) is 3.14. The minimum absolute atomic E-state index is 0.596. The average molecular weight is 406 g/mol. The SMILES string of the molecule is Brc1cccc(-c2noc(CSc3nnc4n3CCCCC4)n2)c1. The quantitative estimate of drug-likeness (QED) is 0.608. The number of hydrogen-bond donors (Lipinski definition) is 0. The molecule has 0 amide bonds. The largest absolute Gasteiger partial charge is 0.338 e. The lowest BCUT2D eigenvalue weighted by molar-refractivity contribution is 0.391. The van der Waals surface area contributed by atoms with Crippen molar-refractivity contribution in [3.8, 4) is 11.4 Å². The van der Waals surface area contributed by atoms with Gasteiger partial charge < -0.3 is 9.09 Å². The summed E-state index contributed by atoms with van der Waals surface area (Å²) in [6.07, 6.45) is 4.66. The molecule has 0 fully saturated rings. The minimum atomic E-state index is 0.596. The van der Waals surface area contributed by atoms with Crippen molar-refractivity contribution in [3.63, 3.8) is 0 Å². The van der Waals surface area contributed by atoms with Crippen molar-refractivity contribution >= 4 is 27.7 Å². The molecule has 1 aliphatic heterocycles. The van der Waals surface area contributed by atoms with Crippen molar-refractivity contribution < 1.29 is 4.52 Å². The van der Waals surface area contributed by atoms with Crippen molar-refractivity contribution in [2.24, 2.45) is 0 Å². The lowest BCUT2D eigenvalue weighted by Gasteiger charge is -2.04. The lowest BCUT2D eigenvalue weighted by Crippen LogP contribution is -2.02. The number of aryl methyl sites for hydroxylation is 1. The van der Waals surface area contributed by atoms with Crippen LogP contribution in [0.3, 0.4) is 0 Å². The smallest absolute Gasteiger partial charge is 0.237 e. The number of aromatic nitrogens is 5. The molecule has 2 aromatic heterocycles. The van der Waals surface area contributed by atoms with E-state index in [2.05, 4.69) is 40.8 Å². The molecule has 24 heavy (non-hydrogen) atoms. The number of fused-ring (bicyclic) bond motifs is 1. The van der Waals surface area contributed by atoms with Crippen LogP contribution in [0, 0.1) is 0 Å². The fraction of sp³-hybridized carbons (Fsp3) is 0.375. The number of hydrogen-bond acceptors (Lipinski definition) is 6. The first-order chi connectivity index (χ1) is 11.8. The molecule has 1 aliphatic rings. The maximum absolute atomic E-state index is 5.37. The third-order valence-corrected chi connectivity index (χ3v) is 5.40. The molecular formula is C16H16BrN5OS. The predicted octanol–water partition coefficient (Wildman–Crippen LogP) is 4.11. The molecular weight excluding hydrogens is 390 g/mol. The molecule has 0 unspecified atom stereocenters. The van der Waals surface area contributed by atoms with E-state index in [4.69, 9.17) is 4.52 Å². The van der Waals surface area contributed by atoms with E-state index in [1.54, 1.807) is 11.8 Å². The number of thioether (sulfide) groups is 1. The molecule has 0 spiro atoms. The molecule has 0 saturated heterocycles. The summed E-state index contributed by atoms with van der Waals surface area (Å²) in [7, 11) is 0. The van der Waals surface area contributed by atoms with Gasteiger partial charge in [-0.05, 0) is 25.0 Å². The van der Waals surface area contributed by atoms with E-state index in [1.807, 2.05) is 24.3 Å². The van der Waals surface area contributed by atoms with Gasteiger partial charge in [0.2, 0.25) is 11.7 Å². The Labute approximate surface area is 152 Å². The second-order valence-electron chi connectivity index (χ2n) is 5.67. The second kappa shape index (κ2) is 7.06. The fourth-order valence-corrected chi connectivity index (χ4v) is 3.97. The zero-order chi connectivity index (χ0) is 16.4. The zero-order valence-electron chi connectivity index (χ0n) is 13.0. The van der Waals surface area contributed by atoms with Crippen LogP contribution >= 0.6 is 27.7 Å². The van der Waals surface area contributed by atoms with Crippen LogP contribution in [0.2, 0.25) is 0 Å². The molecule has 0 radical (unpaired) electrons. The summed E-state index contributed by atoms with van der Waals surface area (Å²) in [5.41, 5.74) is 0.931. The summed E-state index contributed by atoms with van der Waals surface area (Å²) in [4.78, 5) is 4.47. The number of benzene rings is 1. The van der Waals surface area contributed by atoms with Crippen LogP contribution in [0.25, 0.3) is 11.4 Å². The van der Waals surface area contributed by atoms with Crippen LogP contribution in [-0.2, 0) is 18.7 Å². The summed E-state index contributed by atoms with van der Waals surface area (Å²) in [6.45, 7) is 0.998. The van der Waals surface area contributed by atoms with Crippen LogP contribution < -0.4 is 0 Å². The second-order valence-corrected chi connectivity index (χ2v) is 7.53. The Bertz CT molecular complexity index is 847. The van der Waals surface area contributed by atoms with E-state index in [1.165, 1.54) is 19.3 Å². The molecule has 3 heterocycles. The van der Waals surface area contributed by atoms with Gasteiger partial charge in [-0.15, -0.1) is 10.2 Å². The number of halogens is 1. The first-order valence-electron chi connectivity index (χ1n) is 7.93. The molecule has 0 atom stereocenters. The fourth-order valence-electron chi connectivity index (χ4n) is 2.75. The summed E-state index contributed by atoms with van der Waals surface area (Å²) in [5, 5.41) is 13.6. The molecule has 0 aliphatic carbocycles. The highest BCUT2D eigenvalue weighted by molar-refractivity contribution is 9.10. The van der Waals surface area contributed by atoms with E-state index in [-0.39, 0.29) is 0 Å². The van der Waals surface area contributed by atoms with E-state index >= 15 is 0 Å². The highest BCUT2D eigenvalue weighted by Gasteiger charge is 2.16. The van der Waals surface area contributed by atoms with E-state index in [9.17, 15) is 0 Å². The van der Waals surface area contributed by atoms with Gasteiger partial charge in [-0.2, -0.15) is 4.98 Å². The predicted molar refractivity (Wildman–Crippen MR) is 94.6 cm³/mol. The normalized spacial score (nSPS) is 14.4. The molecule has 3 aromatic rings. The third kappa shape index (κ3) is 3.39. The van der Waals surface area contributed by atoms with Crippen molar-refractivity contribution in [1.82, 2.24) is 24.9 Å². The van der Waals surface area contributed by atoms with Crippen molar-refractivity contribution in [2.45, 2.75) is 43.1 Å². The van der Waals surface area contributed by atoms with Gasteiger partial charge in [0.15, 0.2) is 5.16 Å². The molecule has 0 bridgehead atoms. The van der Waals surface area contributed by atoms with Crippen LogP contribution in [0.15, 0.2) is 38.4 Å². The lowest BCUT2D eigenvalue weighted by atomic mass is 10.2. The zero-order valence-corrected chi connectivity index (χ0v) is 15.4. The highest BCUT2D eigenvalue weighted by Crippen LogP contribution is 2.26. The Balaban J connectivity index is 1.46. The summed E-state index contributed by atoms with van der Waals surface area (Å²) in [6, 6.07) is 7.86. The number of nitrogens with zero attached hydrogens (tertiary/aromatic N) is 5. The summed E-state index contributed by atoms with van der Waals surface area (Å²) >= 11 is 5.06. The van der Waals surface area contributed by atoms with Crippen molar-refractivity contribution in [3.05, 3.63) is 40.5 Å². The topological polar surface area (TPSA) is 69.6 Å². The van der Waals surface area contributed by atoms with Gasteiger partial charge in [0.25, 0.3) is 0 Å². The monoisotopic (exact) mass is 405 g/mol. The van der Waals surface area contributed by atoms with Gasteiger partial charge in [0, 0.05) is 23.0 Å². The highest BCUT2D eigenvalue weighted by atomic mass is 79.9. The van der Waals surface area contributed by atoms with Crippen molar-refractivity contribution in [1.29, 1.82) is 0 Å². The van der Waals surface area contributed by atoms with Gasteiger partial charge in [-0.25, -0.2) is 0 Å². The van der Waals surface area contributed by atoms with E-state index < -0.39 is 0 Å². The van der Waals surface area contributed by atoms with Gasteiger partial charge in [0.1, 0.15) is 5.82 Å². The Morgan fingerprint density at radius 3 is 3.08 bits per heavy atom. The van der Waals surface area contributed by atoms with E-state index in [0.29, 0.717) is 17.5 Å². The van der Waals surface area contributed by atoms with Crippen molar-refractivity contribution in [2.75, 3.05) is 0 Å². The molecule has 124 valence electrons. The maximum Gasteiger partial charge on any atom is 0.237 e. The first kappa shape index (κ1) is 15.8. The molecule has 4 rings (SSSR count). The third-order valence-electron chi connectivity index (χ3n) is 3.95. The maximum atomic E-state index is 5.37. The summed E-state index contributed by atoms with van der Waals surface area (Å²) < 4.78 is 8.59. The van der Waals surface area contributed by atoms with Crippen LogP contribution in [0.1, 0.15) is 31.0 Å². The Morgan fingerprint density at radius 2 is 2.17 bits per heavy atom. The van der Waals surface area contributed by atoms with Gasteiger partial charge in [0.05, 0.1) is 5.75 Å². The molecule has 0 N–H and O–H groups in total. The molecule has 8 heteroatoms. The standard InChI is InChI=1S/C16H16BrN5OS/c17-12-6-4-5-11(9-12)15-18-14(23-21-15)10-24-16-20-19-13-7-2-1-3-8-22(13)16/h4-6,9H,1-3,7-8,10H2. The van der Waals surface area contributed by atoms with Crippen LogP contribution in [0.4, 0.5) is 0 Å². The molecule has 1 aromatic carbocycles. The minimum Gasteiger partial charge on any atom is -0.338 e. The van der Waals surface area contributed by atoms with Gasteiger partial charge in [-0.1, -0.05) is 51.4 Å². The van der Waals surface area contributed by atoms with Gasteiger partial charge >= 0.3 is 0 Å². The molecule has 6 nitrogen and oxygen atoms in total. The summed E-state index contributed by atoms with van der Waals surface area (Å²) in [5.74, 6) is 2.89. The Hall–Kier alpha value is -1.67. The van der Waals surface area contributed by atoms with E-state index in [0.717, 1.165) is 34.0 Å². The molecule has 0 saturated carbocycles. The Kier molecular flexibility index (Phi) is 4.66. The Morgan fingerprint density at radius 1 is 1.21 bits per heavy atom. The van der Waals surface area contributed by atoms with Crippen LogP contribution in [-0.4, -0.2) is 24.9 Å². The number of rotatable bonds is 4.